The fraction of sp³-hybridized carbons (Fsp3) is 0.156. The van der Waals surface area contributed by atoms with E-state index < -0.39 is 11.6 Å². The van der Waals surface area contributed by atoms with Gasteiger partial charge < -0.3 is 24.1 Å². The van der Waals surface area contributed by atoms with Gasteiger partial charge in [0.05, 0.1) is 34.5 Å². The lowest BCUT2D eigenvalue weighted by Crippen LogP contribution is -2.35. The van der Waals surface area contributed by atoms with Crippen LogP contribution in [0, 0.1) is 0 Å². The van der Waals surface area contributed by atoms with Crippen LogP contribution in [0.4, 0.5) is 10.5 Å². The van der Waals surface area contributed by atoms with Gasteiger partial charge in [0.2, 0.25) is 0 Å². The summed E-state index contributed by atoms with van der Waals surface area (Å²) in [5.41, 5.74) is 5.57. The highest BCUT2D eigenvalue weighted by Crippen LogP contribution is 2.46. The summed E-state index contributed by atoms with van der Waals surface area (Å²) < 4.78 is 12.7. The van der Waals surface area contributed by atoms with Gasteiger partial charge in [0.15, 0.2) is 0 Å². The van der Waals surface area contributed by atoms with Gasteiger partial charge in [0, 0.05) is 29.8 Å². The molecular weight excluding hydrogens is 504 g/mol. The highest BCUT2D eigenvalue weighted by Gasteiger charge is 2.46. The first-order valence-electron chi connectivity index (χ1n) is 13.0. The Labute approximate surface area is 231 Å². The van der Waals surface area contributed by atoms with Crippen molar-refractivity contribution in [1.29, 1.82) is 0 Å². The molecular formula is C32H28N4O4. The number of amides is 1. The van der Waals surface area contributed by atoms with Crippen LogP contribution in [0.2, 0.25) is 0 Å². The zero-order chi connectivity index (χ0) is 27.7. The van der Waals surface area contributed by atoms with Crippen LogP contribution in [0.25, 0.3) is 22.2 Å². The van der Waals surface area contributed by atoms with Crippen molar-refractivity contribution in [2.45, 2.75) is 18.4 Å². The molecule has 0 spiro atoms. The number of nitrogens with one attached hydrogen (secondary N) is 1. The summed E-state index contributed by atoms with van der Waals surface area (Å²) in [5, 5.41) is 14.6. The Balaban J connectivity index is 1.38. The molecule has 3 aromatic carbocycles. The Kier molecular flexibility index (Phi) is 6.43. The van der Waals surface area contributed by atoms with E-state index in [9.17, 15) is 9.90 Å². The molecule has 1 amide bonds. The highest BCUT2D eigenvalue weighted by atomic mass is 16.5. The van der Waals surface area contributed by atoms with Crippen molar-refractivity contribution in [3.05, 3.63) is 115 Å². The molecule has 0 bridgehead atoms. The van der Waals surface area contributed by atoms with Gasteiger partial charge in [0.1, 0.15) is 12.2 Å². The van der Waals surface area contributed by atoms with E-state index in [0.717, 1.165) is 40.6 Å². The van der Waals surface area contributed by atoms with E-state index in [1.807, 2.05) is 90.6 Å². The molecule has 2 heterocycles. The van der Waals surface area contributed by atoms with Crippen LogP contribution in [0.15, 0.2) is 107 Å². The minimum atomic E-state index is -0.465. The molecule has 1 fully saturated rings. The average molecular weight is 533 g/mol. The van der Waals surface area contributed by atoms with E-state index in [4.69, 9.17) is 14.1 Å². The maximum Gasteiger partial charge on any atom is 0.408 e. The van der Waals surface area contributed by atoms with Crippen LogP contribution in [-0.4, -0.2) is 33.1 Å². The molecule has 2 N–H and O–H groups in total. The molecule has 6 rings (SSSR count). The summed E-state index contributed by atoms with van der Waals surface area (Å²) in [4.78, 5) is 21.6. The van der Waals surface area contributed by atoms with Crippen LogP contribution in [0.1, 0.15) is 29.5 Å². The molecule has 5 aromatic rings. The van der Waals surface area contributed by atoms with Gasteiger partial charge in [-0.05, 0) is 36.6 Å². The molecule has 0 aliphatic heterocycles. The third-order valence-corrected chi connectivity index (χ3v) is 7.06. The largest absolute Gasteiger partial charge is 0.480 e. The zero-order valence-electron chi connectivity index (χ0n) is 22.0. The number of alkyl carbamates (subject to hydrolysis) is 1. The second-order valence-corrected chi connectivity index (χ2v) is 9.88. The van der Waals surface area contributed by atoms with E-state index in [1.54, 1.807) is 6.33 Å². The first-order valence-corrected chi connectivity index (χ1v) is 13.0. The van der Waals surface area contributed by atoms with Gasteiger partial charge in [-0.1, -0.05) is 67.3 Å². The van der Waals surface area contributed by atoms with Crippen LogP contribution < -0.4 is 5.32 Å². The highest BCUT2D eigenvalue weighted by molar-refractivity contribution is 6.21. The maximum atomic E-state index is 12.2. The van der Waals surface area contributed by atoms with Crippen molar-refractivity contribution in [2.75, 3.05) is 6.61 Å². The zero-order valence-corrected chi connectivity index (χ0v) is 22.0. The van der Waals surface area contributed by atoms with E-state index >= 15 is 0 Å². The summed E-state index contributed by atoms with van der Waals surface area (Å²) in [6.45, 7) is 3.74. The minimum Gasteiger partial charge on any atom is -0.480 e. The van der Waals surface area contributed by atoms with E-state index in [0.29, 0.717) is 22.5 Å². The molecule has 1 aliphatic carbocycles. The number of imidazole rings is 1. The molecule has 1 saturated carbocycles. The number of hydrogen-bond donors (Lipinski definition) is 2. The third-order valence-electron chi connectivity index (χ3n) is 7.06. The number of carbonyl (C=O) groups excluding carboxylic acids is 1. The number of furan rings is 1. The fourth-order valence-corrected chi connectivity index (χ4v) is 4.85. The van der Waals surface area contributed by atoms with Gasteiger partial charge in [-0.3, -0.25) is 0 Å². The van der Waals surface area contributed by atoms with Crippen LogP contribution in [0.3, 0.4) is 0 Å². The lowest BCUT2D eigenvalue weighted by atomic mass is 9.97. The predicted molar refractivity (Wildman–Crippen MR) is 154 cm³/mol. The van der Waals surface area contributed by atoms with Crippen molar-refractivity contribution < 1.29 is 19.1 Å². The van der Waals surface area contributed by atoms with Gasteiger partial charge in [-0.2, -0.15) is 0 Å². The Morgan fingerprint density at radius 1 is 1.15 bits per heavy atom. The number of aliphatic imine (C=N–C) groups is 1. The average Bonchev–Trinajstić information content (AvgIpc) is 3.48. The van der Waals surface area contributed by atoms with Crippen LogP contribution in [-0.2, 0) is 17.3 Å². The Bertz CT molecular complexity index is 1730. The minimum absolute atomic E-state index is 0.158. The quantitative estimate of drug-likeness (QED) is 0.173. The van der Waals surface area contributed by atoms with Crippen molar-refractivity contribution in [3.8, 4) is 17.2 Å². The van der Waals surface area contributed by atoms with E-state index in [2.05, 4.69) is 16.9 Å². The number of para-hydroxylation sites is 1. The standard InChI is InChI=1S/C32H28N4O4/c1-3-18-39-31(38)35-32(16-17-32)23-12-8-22(9-13-23)29(28-25-6-4-5-7-27(25)40-30(28)37)34-24-14-10-21(11-15-24)26-19-36(2)20-33-26/h3-15,19-20,37H,1,16-18H2,2H3,(H,35,38). The number of aromatic hydroxyl groups is 1. The Hall–Kier alpha value is -5.11. The second kappa shape index (κ2) is 10.2. The summed E-state index contributed by atoms with van der Waals surface area (Å²) in [7, 11) is 1.93. The first kappa shape index (κ1) is 25.2. The molecule has 200 valence electrons. The molecule has 0 saturated heterocycles. The topological polar surface area (TPSA) is 102 Å². The Morgan fingerprint density at radius 2 is 1.90 bits per heavy atom. The first-order chi connectivity index (χ1) is 19.5. The molecule has 8 nitrogen and oxygen atoms in total. The molecule has 0 atom stereocenters. The number of carbonyl (C=O) groups is 1. The van der Waals surface area contributed by atoms with Crippen molar-refractivity contribution >= 4 is 28.5 Å². The summed E-state index contributed by atoms with van der Waals surface area (Å²) >= 11 is 0. The number of ether oxygens (including phenoxy) is 1. The van der Waals surface area contributed by atoms with Gasteiger partial charge >= 0.3 is 6.09 Å². The van der Waals surface area contributed by atoms with Crippen molar-refractivity contribution in [1.82, 2.24) is 14.9 Å². The summed E-state index contributed by atoms with van der Waals surface area (Å²) in [6, 6.07) is 23.1. The number of aryl methyl sites for hydroxylation is 1. The predicted octanol–water partition coefficient (Wildman–Crippen LogP) is 6.61. The molecule has 0 radical (unpaired) electrons. The summed E-state index contributed by atoms with van der Waals surface area (Å²) in [5.74, 6) is -0.195. The van der Waals surface area contributed by atoms with Gasteiger partial charge in [-0.15, -0.1) is 0 Å². The lowest BCUT2D eigenvalue weighted by Gasteiger charge is -2.18. The SMILES string of the molecule is C=CCOC(=O)NC1(c2ccc(C(=Nc3ccc(-c4cn(C)cn4)cc3)c3c(O)oc4ccccc34)cc2)CC1. The van der Waals surface area contributed by atoms with Crippen LogP contribution in [0.5, 0.6) is 5.95 Å². The molecule has 0 unspecified atom stereocenters. The number of aromatic nitrogens is 2. The second-order valence-electron chi connectivity index (χ2n) is 9.88. The molecule has 2 aromatic heterocycles. The fourth-order valence-electron chi connectivity index (χ4n) is 4.85. The molecule has 40 heavy (non-hydrogen) atoms. The van der Waals surface area contributed by atoms with Crippen molar-refractivity contribution in [2.24, 2.45) is 12.0 Å². The lowest BCUT2D eigenvalue weighted by molar-refractivity contribution is 0.152. The monoisotopic (exact) mass is 532 g/mol. The van der Waals surface area contributed by atoms with Crippen molar-refractivity contribution in [3.63, 3.8) is 0 Å². The molecule has 1 aliphatic rings. The van der Waals surface area contributed by atoms with Crippen LogP contribution >= 0.6 is 0 Å². The van der Waals surface area contributed by atoms with E-state index in [-0.39, 0.29) is 12.6 Å². The number of rotatable bonds is 8. The maximum absolute atomic E-state index is 12.2. The van der Waals surface area contributed by atoms with E-state index in [1.165, 1.54) is 6.08 Å². The van der Waals surface area contributed by atoms with Gasteiger partial charge in [-0.25, -0.2) is 14.8 Å². The number of hydrogen-bond acceptors (Lipinski definition) is 6. The smallest absolute Gasteiger partial charge is 0.408 e. The third kappa shape index (κ3) is 4.87. The number of nitrogens with zero attached hydrogens (tertiary/aromatic N) is 3. The number of fused-ring (bicyclic) bond motifs is 1. The van der Waals surface area contributed by atoms with Gasteiger partial charge in [0.25, 0.3) is 5.95 Å². The Morgan fingerprint density at radius 3 is 2.58 bits per heavy atom. The normalized spacial score (nSPS) is 14.2. The number of benzene rings is 3. The molecule has 8 heteroatoms. The summed E-state index contributed by atoms with van der Waals surface area (Å²) in [6.07, 6.45) is 6.45.